The lowest BCUT2D eigenvalue weighted by atomic mass is 10.1. The number of esters is 3. The predicted molar refractivity (Wildman–Crippen MR) is 237 cm³/mol. The van der Waals surface area contributed by atoms with Crippen LogP contribution in [0.2, 0.25) is 0 Å². The van der Waals surface area contributed by atoms with E-state index in [1.807, 2.05) is 109 Å². The Hall–Kier alpha value is -4.71. The summed E-state index contributed by atoms with van der Waals surface area (Å²) in [6.45, 7) is 6.04. The van der Waals surface area contributed by atoms with Gasteiger partial charge < -0.3 is 14.2 Å². The zero-order valence-electron chi connectivity index (χ0n) is 34.8. The molecule has 0 bridgehead atoms. The van der Waals surface area contributed by atoms with E-state index in [-0.39, 0.29) is 38.0 Å². The number of rotatable bonds is 34. The van der Waals surface area contributed by atoms with Crippen LogP contribution in [0.25, 0.3) is 0 Å². The van der Waals surface area contributed by atoms with E-state index in [1.54, 1.807) is 0 Å². The highest BCUT2D eigenvalue weighted by molar-refractivity contribution is 5.71. The van der Waals surface area contributed by atoms with Crippen molar-refractivity contribution in [1.29, 1.82) is 0 Å². The van der Waals surface area contributed by atoms with Crippen molar-refractivity contribution in [3.8, 4) is 0 Å². The number of allylic oxidation sites excluding steroid dienone is 24. The van der Waals surface area contributed by atoms with Gasteiger partial charge >= 0.3 is 17.9 Å². The Bertz CT molecular complexity index is 1340. The minimum absolute atomic E-state index is 0.144. The van der Waals surface area contributed by atoms with Crippen LogP contribution in [-0.4, -0.2) is 37.2 Å². The molecule has 0 aliphatic rings. The van der Waals surface area contributed by atoms with Gasteiger partial charge in [-0.15, -0.1) is 0 Å². The molecule has 0 N–H and O–H groups in total. The van der Waals surface area contributed by atoms with Gasteiger partial charge in [-0.05, 0) is 70.6 Å². The first-order valence-corrected chi connectivity index (χ1v) is 21.0. The highest BCUT2D eigenvalue weighted by atomic mass is 16.6. The molecule has 6 nitrogen and oxygen atoms in total. The average molecular weight is 769 g/mol. The molecule has 0 heterocycles. The third-order valence-electron chi connectivity index (χ3n) is 7.83. The Morgan fingerprint density at radius 3 is 1.25 bits per heavy atom. The van der Waals surface area contributed by atoms with Crippen LogP contribution in [0, 0.1) is 0 Å². The SMILES string of the molecule is CC\C=C/C=C\C=C/C=C\C=C/CCCC(=O)OCC(COC(=O)CCCCCCC/C=C\C/C=C\CC)OC(=O)CCC\C=C/C=C\C=C/C=C\C=C/CC. The quantitative estimate of drug-likeness (QED) is 0.0213. The van der Waals surface area contributed by atoms with Gasteiger partial charge in [-0.25, -0.2) is 0 Å². The van der Waals surface area contributed by atoms with Gasteiger partial charge in [-0.3, -0.25) is 14.4 Å². The minimum Gasteiger partial charge on any atom is -0.462 e. The molecular formula is C50H72O6. The maximum absolute atomic E-state index is 12.7. The summed E-state index contributed by atoms with van der Waals surface area (Å²) in [5.74, 6) is -1.13. The molecule has 0 amide bonds. The molecule has 1 atom stereocenters. The highest BCUT2D eigenvalue weighted by Crippen LogP contribution is 2.10. The Morgan fingerprint density at radius 2 is 0.750 bits per heavy atom. The summed E-state index contributed by atoms with van der Waals surface area (Å²) < 4.78 is 16.5. The third kappa shape index (κ3) is 40.5. The molecule has 0 spiro atoms. The lowest BCUT2D eigenvalue weighted by Crippen LogP contribution is -2.30. The fraction of sp³-hybridized carbons (Fsp3) is 0.460. The van der Waals surface area contributed by atoms with Crippen molar-refractivity contribution in [1.82, 2.24) is 0 Å². The highest BCUT2D eigenvalue weighted by Gasteiger charge is 2.19. The monoisotopic (exact) mass is 769 g/mol. The number of hydrogen-bond donors (Lipinski definition) is 0. The zero-order valence-corrected chi connectivity index (χ0v) is 34.8. The van der Waals surface area contributed by atoms with E-state index < -0.39 is 12.1 Å². The van der Waals surface area contributed by atoms with E-state index in [2.05, 4.69) is 57.2 Å². The van der Waals surface area contributed by atoms with Gasteiger partial charge in [0.15, 0.2) is 6.10 Å². The van der Waals surface area contributed by atoms with Crippen molar-refractivity contribution in [2.45, 2.75) is 136 Å². The first kappa shape index (κ1) is 51.3. The summed E-state index contributed by atoms with van der Waals surface area (Å²) in [6, 6.07) is 0. The summed E-state index contributed by atoms with van der Waals surface area (Å²) in [4.78, 5) is 37.6. The predicted octanol–water partition coefficient (Wildman–Crippen LogP) is 13.4. The Labute approximate surface area is 340 Å². The maximum Gasteiger partial charge on any atom is 0.306 e. The molecule has 0 aliphatic carbocycles. The molecule has 0 fully saturated rings. The topological polar surface area (TPSA) is 78.9 Å². The molecule has 0 aliphatic heterocycles. The molecule has 0 aromatic carbocycles. The number of carbonyl (C=O) groups is 3. The average Bonchev–Trinajstić information content (AvgIpc) is 3.19. The molecule has 0 aromatic rings. The molecule has 0 rings (SSSR count). The second-order valence-electron chi connectivity index (χ2n) is 13.0. The van der Waals surface area contributed by atoms with Crippen LogP contribution in [0.3, 0.4) is 0 Å². The van der Waals surface area contributed by atoms with Crippen LogP contribution in [-0.2, 0) is 28.6 Å². The van der Waals surface area contributed by atoms with Crippen LogP contribution in [0.5, 0.6) is 0 Å². The fourth-order valence-corrected chi connectivity index (χ4v) is 4.77. The molecule has 0 saturated heterocycles. The molecule has 6 heteroatoms. The number of carbonyl (C=O) groups excluding carboxylic acids is 3. The fourth-order valence-electron chi connectivity index (χ4n) is 4.77. The molecule has 308 valence electrons. The first-order valence-electron chi connectivity index (χ1n) is 21.0. The third-order valence-corrected chi connectivity index (χ3v) is 7.83. The summed E-state index contributed by atoms with van der Waals surface area (Å²) in [7, 11) is 0. The van der Waals surface area contributed by atoms with Gasteiger partial charge in [0.1, 0.15) is 13.2 Å². The molecule has 56 heavy (non-hydrogen) atoms. The Balaban J connectivity index is 4.70. The van der Waals surface area contributed by atoms with E-state index in [4.69, 9.17) is 14.2 Å². The van der Waals surface area contributed by atoms with Crippen LogP contribution in [0.1, 0.15) is 130 Å². The second-order valence-corrected chi connectivity index (χ2v) is 13.0. The molecular weight excluding hydrogens is 697 g/mol. The number of hydrogen-bond acceptors (Lipinski definition) is 6. The maximum atomic E-state index is 12.7. The van der Waals surface area contributed by atoms with Crippen molar-refractivity contribution in [3.63, 3.8) is 0 Å². The molecule has 0 radical (unpaired) electrons. The van der Waals surface area contributed by atoms with Crippen molar-refractivity contribution < 1.29 is 28.6 Å². The van der Waals surface area contributed by atoms with Crippen LogP contribution >= 0.6 is 0 Å². The van der Waals surface area contributed by atoms with Gasteiger partial charge in [0, 0.05) is 19.3 Å². The summed E-state index contributed by atoms with van der Waals surface area (Å²) in [5.41, 5.74) is 0. The molecule has 1 unspecified atom stereocenters. The standard InChI is InChI=1S/C50H72O6/c1-4-7-10-13-16-19-22-25-28-31-34-37-40-43-49(52)55-46-47(45-54-48(51)42-39-36-33-30-27-24-21-18-15-12-9-6-3)56-50(53)44-41-38-35-32-29-26-23-20-17-14-11-8-5-2/h7-14,16-23,25-26,28-29,31-32,34-35,47H,4-6,15,24,27,30,33,36-46H2,1-3H3/b10-7-,11-8-,12-9-,16-13-,17-14-,21-18-,22-19-,23-20-,28-25-,29-26-,34-31-,35-32-. The van der Waals surface area contributed by atoms with Crippen molar-refractivity contribution >= 4 is 17.9 Å². The van der Waals surface area contributed by atoms with E-state index in [0.29, 0.717) is 25.7 Å². The molecule has 0 aromatic heterocycles. The van der Waals surface area contributed by atoms with E-state index in [0.717, 1.165) is 70.6 Å². The largest absolute Gasteiger partial charge is 0.462 e. The lowest BCUT2D eigenvalue weighted by molar-refractivity contribution is -0.167. The Kier molecular flexibility index (Phi) is 39.4. The first-order chi connectivity index (χ1) is 27.5. The van der Waals surface area contributed by atoms with E-state index in [1.165, 1.54) is 0 Å². The van der Waals surface area contributed by atoms with E-state index >= 15 is 0 Å². The van der Waals surface area contributed by atoms with Gasteiger partial charge in [-0.1, -0.05) is 186 Å². The van der Waals surface area contributed by atoms with Crippen molar-refractivity contribution in [3.05, 3.63) is 146 Å². The van der Waals surface area contributed by atoms with Gasteiger partial charge in [-0.2, -0.15) is 0 Å². The van der Waals surface area contributed by atoms with E-state index in [9.17, 15) is 14.4 Å². The van der Waals surface area contributed by atoms with Gasteiger partial charge in [0.05, 0.1) is 0 Å². The smallest absolute Gasteiger partial charge is 0.306 e. The van der Waals surface area contributed by atoms with Crippen LogP contribution in [0.15, 0.2) is 146 Å². The number of ether oxygens (including phenoxy) is 3. The van der Waals surface area contributed by atoms with Crippen LogP contribution < -0.4 is 0 Å². The normalized spacial score (nSPS) is 13.6. The Morgan fingerprint density at radius 1 is 0.375 bits per heavy atom. The molecule has 0 saturated carbocycles. The minimum atomic E-state index is -0.853. The van der Waals surface area contributed by atoms with Crippen molar-refractivity contribution in [2.24, 2.45) is 0 Å². The second kappa shape index (κ2) is 43.0. The summed E-state index contributed by atoms with van der Waals surface area (Å²) in [6.07, 6.45) is 61.3. The van der Waals surface area contributed by atoms with Gasteiger partial charge in [0.25, 0.3) is 0 Å². The van der Waals surface area contributed by atoms with Crippen LogP contribution in [0.4, 0.5) is 0 Å². The van der Waals surface area contributed by atoms with Crippen molar-refractivity contribution in [2.75, 3.05) is 13.2 Å². The summed E-state index contributed by atoms with van der Waals surface area (Å²) in [5, 5.41) is 0. The number of unbranched alkanes of at least 4 members (excludes halogenated alkanes) is 7. The summed E-state index contributed by atoms with van der Waals surface area (Å²) >= 11 is 0. The lowest BCUT2D eigenvalue weighted by Gasteiger charge is -2.18. The van der Waals surface area contributed by atoms with Gasteiger partial charge in [0.2, 0.25) is 0 Å². The zero-order chi connectivity index (χ0) is 40.8.